The number of para-hydroxylation sites is 2. The topological polar surface area (TPSA) is 29.3 Å². The molecular weight excluding hydrogens is 208 g/mol. The van der Waals surface area contributed by atoms with E-state index in [-0.39, 0.29) is 0 Å². The van der Waals surface area contributed by atoms with Gasteiger partial charge in [0.15, 0.2) is 0 Å². The third-order valence-corrected chi connectivity index (χ3v) is 3.20. The van der Waals surface area contributed by atoms with E-state index in [1.807, 2.05) is 18.2 Å². The van der Waals surface area contributed by atoms with Crippen LogP contribution >= 0.6 is 0 Å². The Bertz CT molecular complexity index is 310. The maximum Gasteiger partial charge on any atom is 0.0597 e. The molecule has 2 heteroatoms. The first kappa shape index (κ1) is 13.9. The van der Waals surface area contributed by atoms with Crippen LogP contribution in [0.4, 0.5) is 11.4 Å². The molecule has 17 heavy (non-hydrogen) atoms. The van der Waals surface area contributed by atoms with Gasteiger partial charge in [-0.05, 0) is 18.6 Å². The SMILES string of the molecule is CCCCCCCCN(C)c1ccccc1N. The molecular formula is C15H26N2. The van der Waals surface area contributed by atoms with Crippen LogP contribution in [0.3, 0.4) is 0 Å². The van der Waals surface area contributed by atoms with Crippen LogP contribution in [0.1, 0.15) is 45.4 Å². The number of nitrogens with two attached hydrogens (primary N) is 1. The number of rotatable bonds is 8. The molecule has 0 aliphatic heterocycles. The Morgan fingerprint density at radius 1 is 1.00 bits per heavy atom. The smallest absolute Gasteiger partial charge is 0.0597 e. The van der Waals surface area contributed by atoms with Crippen LogP contribution in [0.2, 0.25) is 0 Å². The van der Waals surface area contributed by atoms with Crippen molar-refractivity contribution in [3.8, 4) is 0 Å². The van der Waals surface area contributed by atoms with Crippen LogP contribution < -0.4 is 10.6 Å². The number of nitrogens with zero attached hydrogens (tertiary/aromatic N) is 1. The Kier molecular flexibility index (Phi) is 6.53. The minimum Gasteiger partial charge on any atom is -0.397 e. The Labute approximate surface area is 106 Å². The third-order valence-electron chi connectivity index (χ3n) is 3.20. The average molecular weight is 234 g/mol. The van der Waals surface area contributed by atoms with E-state index >= 15 is 0 Å². The number of anilines is 2. The molecule has 0 atom stereocenters. The van der Waals surface area contributed by atoms with Gasteiger partial charge in [-0.25, -0.2) is 0 Å². The Balaban J connectivity index is 2.21. The molecule has 0 aromatic heterocycles. The van der Waals surface area contributed by atoms with Gasteiger partial charge in [-0.3, -0.25) is 0 Å². The van der Waals surface area contributed by atoms with Crippen molar-refractivity contribution in [1.29, 1.82) is 0 Å². The zero-order valence-electron chi connectivity index (χ0n) is 11.3. The summed E-state index contributed by atoms with van der Waals surface area (Å²) >= 11 is 0. The molecule has 0 bridgehead atoms. The van der Waals surface area contributed by atoms with E-state index in [1.54, 1.807) is 0 Å². The second kappa shape index (κ2) is 7.99. The number of unbranched alkanes of at least 4 members (excludes halogenated alkanes) is 5. The molecule has 0 amide bonds. The molecule has 0 saturated carbocycles. The summed E-state index contributed by atoms with van der Waals surface area (Å²) in [6.07, 6.45) is 8.03. The van der Waals surface area contributed by atoms with Crippen molar-refractivity contribution >= 4 is 11.4 Å². The summed E-state index contributed by atoms with van der Waals surface area (Å²) in [5.74, 6) is 0. The van der Waals surface area contributed by atoms with Gasteiger partial charge in [-0.1, -0.05) is 51.2 Å². The molecule has 96 valence electrons. The molecule has 0 unspecified atom stereocenters. The quantitative estimate of drug-likeness (QED) is 0.543. The summed E-state index contributed by atoms with van der Waals surface area (Å²) in [4.78, 5) is 2.26. The van der Waals surface area contributed by atoms with Gasteiger partial charge in [0, 0.05) is 13.6 Å². The van der Waals surface area contributed by atoms with E-state index in [0.29, 0.717) is 0 Å². The molecule has 0 radical (unpaired) electrons. The lowest BCUT2D eigenvalue weighted by molar-refractivity contribution is 0.606. The molecule has 1 aromatic rings. The summed E-state index contributed by atoms with van der Waals surface area (Å²) < 4.78 is 0. The first-order chi connectivity index (χ1) is 8.25. The van der Waals surface area contributed by atoms with Gasteiger partial charge in [-0.2, -0.15) is 0 Å². The Morgan fingerprint density at radius 3 is 2.35 bits per heavy atom. The zero-order valence-corrected chi connectivity index (χ0v) is 11.3. The molecule has 2 nitrogen and oxygen atoms in total. The third kappa shape index (κ3) is 5.12. The molecule has 0 aliphatic carbocycles. The van der Waals surface area contributed by atoms with E-state index in [9.17, 15) is 0 Å². The summed E-state index contributed by atoms with van der Waals surface area (Å²) in [5.41, 5.74) is 7.98. The minimum atomic E-state index is 0.876. The van der Waals surface area contributed by atoms with Gasteiger partial charge >= 0.3 is 0 Å². The summed E-state index contributed by atoms with van der Waals surface area (Å²) in [6, 6.07) is 8.08. The predicted octanol–water partition coefficient (Wildman–Crippen LogP) is 4.07. The van der Waals surface area contributed by atoms with E-state index < -0.39 is 0 Å². The van der Waals surface area contributed by atoms with Crippen molar-refractivity contribution in [1.82, 2.24) is 0 Å². The maximum absolute atomic E-state index is 5.95. The van der Waals surface area contributed by atoms with Gasteiger partial charge in [0.1, 0.15) is 0 Å². The van der Waals surface area contributed by atoms with Crippen LogP contribution in [0, 0.1) is 0 Å². The molecule has 0 spiro atoms. The van der Waals surface area contributed by atoms with Gasteiger partial charge in [0.05, 0.1) is 11.4 Å². The van der Waals surface area contributed by atoms with Crippen molar-refractivity contribution in [2.75, 3.05) is 24.2 Å². The van der Waals surface area contributed by atoms with Crippen LogP contribution in [-0.4, -0.2) is 13.6 Å². The lowest BCUT2D eigenvalue weighted by atomic mass is 10.1. The second-order valence-electron chi connectivity index (χ2n) is 4.75. The van der Waals surface area contributed by atoms with Crippen LogP contribution in [0.5, 0.6) is 0 Å². The number of hydrogen-bond acceptors (Lipinski definition) is 2. The zero-order chi connectivity index (χ0) is 12.5. The van der Waals surface area contributed by atoms with Crippen molar-refractivity contribution in [3.63, 3.8) is 0 Å². The van der Waals surface area contributed by atoms with Crippen molar-refractivity contribution in [3.05, 3.63) is 24.3 Å². The highest BCUT2D eigenvalue weighted by Gasteiger charge is 2.03. The fourth-order valence-corrected chi connectivity index (χ4v) is 2.08. The average Bonchev–Trinajstić information content (AvgIpc) is 2.34. The first-order valence-electron chi connectivity index (χ1n) is 6.81. The highest BCUT2D eigenvalue weighted by Crippen LogP contribution is 2.21. The van der Waals surface area contributed by atoms with Gasteiger partial charge in [-0.15, -0.1) is 0 Å². The van der Waals surface area contributed by atoms with Crippen molar-refractivity contribution in [2.45, 2.75) is 45.4 Å². The number of benzene rings is 1. The summed E-state index contributed by atoms with van der Waals surface area (Å²) in [6.45, 7) is 3.35. The first-order valence-corrected chi connectivity index (χ1v) is 6.81. The molecule has 0 heterocycles. The standard InChI is InChI=1S/C15H26N2/c1-3-4-5-6-7-10-13-17(2)15-12-9-8-11-14(15)16/h8-9,11-12H,3-7,10,13,16H2,1-2H3. The van der Waals surface area contributed by atoms with Gasteiger partial charge in [0.25, 0.3) is 0 Å². The van der Waals surface area contributed by atoms with Crippen molar-refractivity contribution < 1.29 is 0 Å². The maximum atomic E-state index is 5.95. The highest BCUT2D eigenvalue weighted by molar-refractivity contribution is 5.66. The minimum absolute atomic E-state index is 0.876. The molecule has 0 saturated heterocycles. The van der Waals surface area contributed by atoms with E-state index in [2.05, 4.69) is 24.9 Å². The largest absolute Gasteiger partial charge is 0.397 e. The van der Waals surface area contributed by atoms with E-state index in [4.69, 9.17) is 5.73 Å². The van der Waals surface area contributed by atoms with E-state index in [1.165, 1.54) is 38.5 Å². The number of hydrogen-bond donors (Lipinski definition) is 1. The second-order valence-corrected chi connectivity index (χ2v) is 4.75. The molecule has 0 aliphatic rings. The van der Waals surface area contributed by atoms with Crippen LogP contribution in [0.15, 0.2) is 24.3 Å². The number of nitrogen functional groups attached to an aromatic ring is 1. The van der Waals surface area contributed by atoms with Crippen LogP contribution in [0.25, 0.3) is 0 Å². The predicted molar refractivity (Wildman–Crippen MR) is 77.5 cm³/mol. The highest BCUT2D eigenvalue weighted by atomic mass is 15.1. The lowest BCUT2D eigenvalue weighted by Gasteiger charge is -2.20. The fraction of sp³-hybridized carbons (Fsp3) is 0.600. The molecule has 1 aromatic carbocycles. The molecule has 1 rings (SSSR count). The van der Waals surface area contributed by atoms with E-state index in [0.717, 1.165) is 17.9 Å². The summed E-state index contributed by atoms with van der Waals surface area (Å²) in [7, 11) is 2.12. The fourth-order valence-electron chi connectivity index (χ4n) is 2.08. The van der Waals surface area contributed by atoms with Crippen LogP contribution in [-0.2, 0) is 0 Å². The van der Waals surface area contributed by atoms with Gasteiger partial charge in [0.2, 0.25) is 0 Å². The van der Waals surface area contributed by atoms with Gasteiger partial charge < -0.3 is 10.6 Å². The summed E-state index contributed by atoms with van der Waals surface area (Å²) in [5, 5.41) is 0. The molecule has 2 N–H and O–H groups in total. The lowest BCUT2D eigenvalue weighted by Crippen LogP contribution is -2.19. The molecule has 0 fully saturated rings. The Morgan fingerprint density at radius 2 is 1.65 bits per heavy atom. The normalized spacial score (nSPS) is 10.5. The monoisotopic (exact) mass is 234 g/mol. The van der Waals surface area contributed by atoms with Crippen molar-refractivity contribution in [2.24, 2.45) is 0 Å². The Hall–Kier alpha value is -1.18.